The highest BCUT2D eigenvalue weighted by atomic mass is 16.5. The van der Waals surface area contributed by atoms with E-state index in [-0.39, 0.29) is 6.10 Å². The average Bonchev–Trinajstić information content (AvgIpc) is 2.93. The topological polar surface area (TPSA) is 18.5 Å². The van der Waals surface area contributed by atoms with Crippen LogP contribution in [0.5, 0.6) is 5.75 Å². The molecule has 0 radical (unpaired) electrons. The molecule has 0 saturated carbocycles. The molecule has 1 aliphatic heterocycles. The molecular weight excluding hydrogens is 260 g/mol. The van der Waals surface area contributed by atoms with Gasteiger partial charge in [-0.15, -0.1) is 0 Å². The monoisotopic (exact) mass is 282 g/mol. The van der Waals surface area contributed by atoms with Gasteiger partial charge in [0.15, 0.2) is 0 Å². The van der Waals surface area contributed by atoms with E-state index in [2.05, 4.69) is 57.2 Å². The van der Waals surface area contributed by atoms with E-state index >= 15 is 0 Å². The Kier molecular flexibility index (Phi) is 3.98. The first-order chi connectivity index (χ1) is 10.1. The van der Waals surface area contributed by atoms with Crippen molar-refractivity contribution < 1.29 is 9.47 Å². The zero-order valence-corrected chi connectivity index (χ0v) is 13.0. The van der Waals surface area contributed by atoms with E-state index < -0.39 is 0 Å². The Labute approximate surface area is 126 Å². The molecule has 0 amide bonds. The van der Waals surface area contributed by atoms with Gasteiger partial charge in [0, 0.05) is 6.42 Å². The molecule has 2 nitrogen and oxygen atoms in total. The number of rotatable bonds is 3. The van der Waals surface area contributed by atoms with Gasteiger partial charge in [-0.3, -0.25) is 0 Å². The Hall–Kier alpha value is -1.80. The second-order valence-electron chi connectivity index (χ2n) is 5.85. The van der Waals surface area contributed by atoms with Crippen LogP contribution in [0.1, 0.15) is 23.1 Å². The number of ether oxygens (including phenoxy) is 2. The van der Waals surface area contributed by atoms with Crippen molar-refractivity contribution in [1.82, 2.24) is 0 Å². The molecule has 0 N–H and O–H groups in total. The van der Waals surface area contributed by atoms with Crippen LogP contribution in [0, 0.1) is 20.8 Å². The number of hydrogen-bond acceptors (Lipinski definition) is 2. The van der Waals surface area contributed by atoms with Crippen molar-refractivity contribution in [3.05, 3.63) is 53.1 Å². The maximum absolute atomic E-state index is 6.03. The maximum Gasteiger partial charge on any atom is 0.124 e. The maximum atomic E-state index is 6.03. The summed E-state index contributed by atoms with van der Waals surface area (Å²) in [6.07, 6.45) is 1.19. The van der Waals surface area contributed by atoms with Gasteiger partial charge in [-0.1, -0.05) is 24.3 Å². The summed E-state index contributed by atoms with van der Waals surface area (Å²) in [6, 6.07) is 12.8. The average molecular weight is 282 g/mol. The smallest absolute Gasteiger partial charge is 0.124 e. The molecular formula is C19H22O2. The number of aryl methyl sites for hydroxylation is 3. The van der Waals surface area contributed by atoms with Gasteiger partial charge < -0.3 is 9.47 Å². The van der Waals surface area contributed by atoms with Gasteiger partial charge in [-0.05, 0) is 60.7 Å². The molecule has 21 heavy (non-hydrogen) atoms. The van der Waals surface area contributed by atoms with E-state index in [1.165, 1.54) is 27.8 Å². The quantitative estimate of drug-likeness (QED) is 0.828. The SMILES string of the molecule is Cc1ccccc1-c1c(C)cc(O[C@H]2CCOC2)cc1C. The summed E-state index contributed by atoms with van der Waals surface area (Å²) in [7, 11) is 0. The molecule has 0 bridgehead atoms. The first kappa shape index (κ1) is 14.2. The van der Waals surface area contributed by atoms with Crippen LogP contribution >= 0.6 is 0 Å². The summed E-state index contributed by atoms with van der Waals surface area (Å²) in [5.74, 6) is 0.956. The fourth-order valence-electron chi connectivity index (χ4n) is 3.07. The van der Waals surface area contributed by atoms with Crippen molar-refractivity contribution >= 4 is 0 Å². The van der Waals surface area contributed by atoms with Crippen LogP contribution in [0.2, 0.25) is 0 Å². The second kappa shape index (κ2) is 5.90. The van der Waals surface area contributed by atoms with Crippen LogP contribution in [-0.2, 0) is 4.74 Å². The van der Waals surface area contributed by atoms with Crippen LogP contribution in [0.4, 0.5) is 0 Å². The summed E-state index contributed by atoms with van der Waals surface area (Å²) in [6.45, 7) is 8.00. The molecule has 0 aromatic heterocycles. The van der Waals surface area contributed by atoms with Gasteiger partial charge in [0.25, 0.3) is 0 Å². The fraction of sp³-hybridized carbons (Fsp3) is 0.368. The molecule has 1 fully saturated rings. The van der Waals surface area contributed by atoms with Crippen LogP contribution in [-0.4, -0.2) is 19.3 Å². The molecule has 1 aliphatic rings. The lowest BCUT2D eigenvalue weighted by atomic mass is 9.92. The van der Waals surface area contributed by atoms with Crippen LogP contribution in [0.3, 0.4) is 0 Å². The van der Waals surface area contributed by atoms with Gasteiger partial charge in [0.2, 0.25) is 0 Å². The lowest BCUT2D eigenvalue weighted by Gasteiger charge is -2.17. The van der Waals surface area contributed by atoms with Gasteiger partial charge >= 0.3 is 0 Å². The Bertz CT molecular complexity index is 617. The molecule has 2 heteroatoms. The molecule has 2 aromatic rings. The van der Waals surface area contributed by atoms with Crippen LogP contribution in [0.15, 0.2) is 36.4 Å². The Balaban J connectivity index is 1.94. The minimum Gasteiger partial charge on any atom is -0.488 e. The van der Waals surface area contributed by atoms with Crippen LogP contribution in [0.25, 0.3) is 11.1 Å². The Morgan fingerprint density at radius 3 is 2.33 bits per heavy atom. The molecule has 0 spiro atoms. The molecule has 110 valence electrons. The minimum atomic E-state index is 0.202. The summed E-state index contributed by atoms with van der Waals surface area (Å²) in [4.78, 5) is 0. The third-order valence-corrected chi connectivity index (χ3v) is 4.11. The van der Waals surface area contributed by atoms with E-state index in [0.717, 1.165) is 18.8 Å². The van der Waals surface area contributed by atoms with Crippen molar-refractivity contribution in [2.75, 3.05) is 13.2 Å². The highest BCUT2D eigenvalue weighted by Gasteiger charge is 2.18. The predicted molar refractivity (Wildman–Crippen MR) is 85.9 cm³/mol. The van der Waals surface area contributed by atoms with E-state index in [9.17, 15) is 0 Å². The van der Waals surface area contributed by atoms with Crippen molar-refractivity contribution in [3.63, 3.8) is 0 Å². The number of benzene rings is 2. The highest BCUT2D eigenvalue weighted by molar-refractivity contribution is 5.74. The van der Waals surface area contributed by atoms with Crippen molar-refractivity contribution in [2.45, 2.75) is 33.3 Å². The Morgan fingerprint density at radius 1 is 1.00 bits per heavy atom. The lowest BCUT2D eigenvalue weighted by Crippen LogP contribution is -2.15. The van der Waals surface area contributed by atoms with Gasteiger partial charge in [0.1, 0.15) is 11.9 Å². The summed E-state index contributed by atoms with van der Waals surface area (Å²) in [5, 5.41) is 0. The van der Waals surface area contributed by atoms with E-state index in [1.807, 2.05) is 0 Å². The molecule has 0 unspecified atom stereocenters. The molecule has 1 heterocycles. The van der Waals surface area contributed by atoms with Gasteiger partial charge in [0.05, 0.1) is 13.2 Å². The second-order valence-corrected chi connectivity index (χ2v) is 5.85. The number of hydrogen-bond donors (Lipinski definition) is 0. The fourth-order valence-corrected chi connectivity index (χ4v) is 3.07. The Morgan fingerprint density at radius 2 is 1.71 bits per heavy atom. The molecule has 1 atom stereocenters. The zero-order chi connectivity index (χ0) is 14.8. The van der Waals surface area contributed by atoms with Gasteiger partial charge in [-0.2, -0.15) is 0 Å². The first-order valence-corrected chi connectivity index (χ1v) is 7.57. The zero-order valence-electron chi connectivity index (χ0n) is 13.0. The third-order valence-electron chi connectivity index (χ3n) is 4.11. The highest BCUT2D eigenvalue weighted by Crippen LogP contribution is 2.33. The van der Waals surface area contributed by atoms with Crippen molar-refractivity contribution in [3.8, 4) is 16.9 Å². The molecule has 3 rings (SSSR count). The predicted octanol–water partition coefficient (Wildman–Crippen LogP) is 4.45. The third kappa shape index (κ3) is 2.96. The molecule has 2 aromatic carbocycles. The summed E-state index contributed by atoms with van der Waals surface area (Å²) >= 11 is 0. The largest absolute Gasteiger partial charge is 0.488 e. The van der Waals surface area contributed by atoms with E-state index in [0.29, 0.717) is 6.61 Å². The minimum absolute atomic E-state index is 0.202. The summed E-state index contributed by atoms with van der Waals surface area (Å²) in [5.41, 5.74) is 6.46. The van der Waals surface area contributed by atoms with Crippen molar-refractivity contribution in [2.24, 2.45) is 0 Å². The van der Waals surface area contributed by atoms with E-state index in [1.54, 1.807) is 0 Å². The first-order valence-electron chi connectivity index (χ1n) is 7.57. The van der Waals surface area contributed by atoms with Gasteiger partial charge in [-0.25, -0.2) is 0 Å². The summed E-state index contributed by atoms with van der Waals surface area (Å²) < 4.78 is 11.4. The molecule has 0 aliphatic carbocycles. The normalized spacial score (nSPS) is 18.0. The standard InChI is InChI=1S/C19H22O2/c1-13-6-4-5-7-18(13)19-14(2)10-17(11-15(19)3)21-16-8-9-20-12-16/h4-7,10-11,16H,8-9,12H2,1-3H3/t16-/m0/s1. The van der Waals surface area contributed by atoms with E-state index in [4.69, 9.17) is 9.47 Å². The lowest BCUT2D eigenvalue weighted by molar-refractivity contribution is 0.141. The van der Waals surface area contributed by atoms with Crippen molar-refractivity contribution in [1.29, 1.82) is 0 Å². The molecule has 1 saturated heterocycles. The van der Waals surface area contributed by atoms with Crippen LogP contribution < -0.4 is 4.74 Å².